The van der Waals surface area contributed by atoms with E-state index in [0.717, 1.165) is 19.5 Å². The molecule has 0 radical (unpaired) electrons. The van der Waals surface area contributed by atoms with Crippen LogP contribution in [-0.2, 0) is 0 Å². The monoisotopic (exact) mass is 267 g/mol. The zero-order valence-electron chi connectivity index (χ0n) is 10.5. The van der Waals surface area contributed by atoms with Crippen LogP contribution in [0.5, 0.6) is 0 Å². The van der Waals surface area contributed by atoms with Crippen molar-refractivity contribution >= 4 is 23.3 Å². The average Bonchev–Trinajstić information content (AvgIpc) is 3.16. The topological polar surface area (TPSA) is 54.0 Å². The van der Waals surface area contributed by atoms with Gasteiger partial charge >= 0.3 is 0 Å². The van der Waals surface area contributed by atoms with E-state index in [1.54, 1.807) is 12.1 Å². The lowest BCUT2D eigenvalue weighted by Gasteiger charge is -2.08. The van der Waals surface area contributed by atoms with Crippen molar-refractivity contribution in [2.24, 2.45) is 5.92 Å². The minimum absolute atomic E-state index is 0.0780. The third-order valence-corrected chi connectivity index (χ3v) is 3.05. The quantitative estimate of drug-likeness (QED) is 0.779. The van der Waals surface area contributed by atoms with E-state index < -0.39 is 0 Å². The number of nitrogens with zero attached hydrogens (tertiary/aromatic N) is 1. The summed E-state index contributed by atoms with van der Waals surface area (Å²) in [7, 11) is 0. The summed E-state index contributed by atoms with van der Waals surface area (Å²) >= 11 is 5.92. The van der Waals surface area contributed by atoms with Gasteiger partial charge in [0.25, 0.3) is 5.91 Å². The molecule has 1 amide bonds. The van der Waals surface area contributed by atoms with E-state index in [4.69, 9.17) is 11.6 Å². The fourth-order valence-corrected chi connectivity index (χ4v) is 1.84. The van der Waals surface area contributed by atoms with Crippen LogP contribution in [0.2, 0.25) is 5.15 Å². The van der Waals surface area contributed by atoms with Gasteiger partial charge in [0.2, 0.25) is 0 Å². The molecule has 1 aromatic rings. The Labute approximate surface area is 112 Å². The molecule has 0 unspecified atom stereocenters. The van der Waals surface area contributed by atoms with Gasteiger partial charge in [-0.15, -0.1) is 0 Å². The standard InChI is InChI=1S/C13H18ClN3O/c1-2-5-15-12-7-10(6-11(14)17-12)13(18)16-8-9-3-4-9/h6-7,9H,2-5,8H2,1H3,(H,15,17)(H,16,18). The van der Waals surface area contributed by atoms with E-state index >= 15 is 0 Å². The molecule has 1 saturated carbocycles. The van der Waals surface area contributed by atoms with Crippen LogP contribution in [0, 0.1) is 5.92 Å². The van der Waals surface area contributed by atoms with Gasteiger partial charge in [0.05, 0.1) is 0 Å². The Morgan fingerprint density at radius 3 is 2.94 bits per heavy atom. The van der Waals surface area contributed by atoms with Gasteiger partial charge < -0.3 is 10.6 Å². The molecule has 0 spiro atoms. The number of nitrogens with one attached hydrogen (secondary N) is 2. The minimum Gasteiger partial charge on any atom is -0.370 e. The molecular formula is C13H18ClN3O. The Morgan fingerprint density at radius 2 is 2.28 bits per heavy atom. The summed E-state index contributed by atoms with van der Waals surface area (Å²) in [6.07, 6.45) is 3.44. The van der Waals surface area contributed by atoms with Crippen molar-refractivity contribution in [1.82, 2.24) is 10.3 Å². The van der Waals surface area contributed by atoms with Crippen LogP contribution in [0.4, 0.5) is 5.82 Å². The molecule has 0 aromatic carbocycles. The fraction of sp³-hybridized carbons (Fsp3) is 0.538. The predicted octanol–water partition coefficient (Wildman–Crippen LogP) is 2.70. The number of rotatable bonds is 6. The number of amides is 1. The van der Waals surface area contributed by atoms with Crippen molar-refractivity contribution in [1.29, 1.82) is 0 Å². The zero-order valence-corrected chi connectivity index (χ0v) is 11.3. The number of hydrogen-bond acceptors (Lipinski definition) is 3. The van der Waals surface area contributed by atoms with Gasteiger partial charge in [0.1, 0.15) is 11.0 Å². The van der Waals surface area contributed by atoms with Crippen LogP contribution in [0.1, 0.15) is 36.5 Å². The van der Waals surface area contributed by atoms with Crippen LogP contribution >= 0.6 is 11.6 Å². The maximum absolute atomic E-state index is 11.9. The average molecular weight is 268 g/mol. The molecular weight excluding hydrogens is 250 g/mol. The Bertz CT molecular complexity index is 432. The van der Waals surface area contributed by atoms with Gasteiger partial charge in [0, 0.05) is 18.7 Å². The van der Waals surface area contributed by atoms with Crippen LogP contribution in [-0.4, -0.2) is 24.0 Å². The van der Waals surface area contributed by atoms with Crippen molar-refractivity contribution in [2.75, 3.05) is 18.4 Å². The maximum Gasteiger partial charge on any atom is 0.251 e. The third-order valence-electron chi connectivity index (χ3n) is 2.86. The summed E-state index contributed by atoms with van der Waals surface area (Å²) in [4.78, 5) is 16.1. The van der Waals surface area contributed by atoms with Crippen LogP contribution in [0.25, 0.3) is 0 Å². The summed E-state index contributed by atoms with van der Waals surface area (Å²) in [5.41, 5.74) is 0.564. The number of hydrogen-bond donors (Lipinski definition) is 2. The first kappa shape index (κ1) is 13.1. The maximum atomic E-state index is 11.9. The van der Waals surface area contributed by atoms with Gasteiger partial charge in [-0.3, -0.25) is 4.79 Å². The van der Waals surface area contributed by atoms with E-state index in [-0.39, 0.29) is 5.91 Å². The Hall–Kier alpha value is -1.29. The summed E-state index contributed by atoms with van der Waals surface area (Å²) in [5, 5.41) is 6.39. The first-order chi connectivity index (χ1) is 8.69. The van der Waals surface area contributed by atoms with Gasteiger partial charge in [-0.1, -0.05) is 18.5 Å². The first-order valence-corrected chi connectivity index (χ1v) is 6.76. The number of anilines is 1. The van der Waals surface area contributed by atoms with Crippen molar-refractivity contribution in [3.63, 3.8) is 0 Å². The highest BCUT2D eigenvalue weighted by molar-refractivity contribution is 6.29. The highest BCUT2D eigenvalue weighted by Gasteiger charge is 2.22. The molecule has 2 N–H and O–H groups in total. The molecule has 0 aliphatic heterocycles. The smallest absolute Gasteiger partial charge is 0.251 e. The van der Waals surface area contributed by atoms with Crippen molar-refractivity contribution in [3.8, 4) is 0 Å². The molecule has 1 aromatic heterocycles. The van der Waals surface area contributed by atoms with Gasteiger partial charge in [-0.05, 0) is 37.3 Å². The SMILES string of the molecule is CCCNc1cc(C(=O)NCC2CC2)cc(Cl)n1. The number of carbonyl (C=O) groups excluding carboxylic acids is 1. The summed E-state index contributed by atoms with van der Waals surface area (Å²) in [6.45, 7) is 3.65. The molecule has 0 atom stereocenters. The van der Waals surface area contributed by atoms with Crippen molar-refractivity contribution < 1.29 is 4.79 Å². The fourth-order valence-electron chi connectivity index (χ4n) is 1.63. The highest BCUT2D eigenvalue weighted by atomic mass is 35.5. The minimum atomic E-state index is -0.0780. The van der Waals surface area contributed by atoms with E-state index in [9.17, 15) is 4.79 Å². The van der Waals surface area contributed by atoms with E-state index in [1.165, 1.54) is 12.8 Å². The Balaban J connectivity index is 2.00. The lowest BCUT2D eigenvalue weighted by atomic mass is 10.2. The molecule has 98 valence electrons. The van der Waals surface area contributed by atoms with E-state index in [0.29, 0.717) is 22.5 Å². The molecule has 5 heteroatoms. The lowest BCUT2D eigenvalue weighted by Crippen LogP contribution is -2.25. The second-order valence-corrected chi connectivity index (χ2v) is 5.03. The normalized spacial score (nSPS) is 14.3. The molecule has 2 rings (SSSR count). The zero-order chi connectivity index (χ0) is 13.0. The lowest BCUT2D eigenvalue weighted by molar-refractivity contribution is 0.0951. The molecule has 18 heavy (non-hydrogen) atoms. The van der Waals surface area contributed by atoms with E-state index in [2.05, 4.69) is 22.5 Å². The molecule has 1 aliphatic rings. The molecule has 1 aliphatic carbocycles. The summed E-state index contributed by atoms with van der Waals surface area (Å²) in [6, 6.07) is 3.34. The summed E-state index contributed by atoms with van der Waals surface area (Å²) < 4.78 is 0. The van der Waals surface area contributed by atoms with Crippen LogP contribution in [0.3, 0.4) is 0 Å². The van der Waals surface area contributed by atoms with Gasteiger partial charge in [-0.25, -0.2) is 4.98 Å². The van der Waals surface area contributed by atoms with Gasteiger partial charge in [-0.2, -0.15) is 0 Å². The third kappa shape index (κ3) is 3.88. The summed E-state index contributed by atoms with van der Waals surface area (Å²) in [5.74, 6) is 1.25. The second kappa shape index (κ2) is 6.05. The second-order valence-electron chi connectivity index (χ2n) is 4.64. The highest BCUT2D eigenvalue weighted by Crippen LogP contribution is 2.27. The number of pyridine rings is 1. The van der Waals surface area contributed by atoms with E-state index in [1.807, 2.05) is 0 Å². The van der Waals surface area contributed by atoms with Crippen molar-refractivity contribution in [3.05, 3.63) is 22.8 Å². The first-order valence-electron chi connectivity index (χ1n) is 6.38. The molecule has 0 saturated heterocycles. The Kier molecular flexibility index (Phi) is 4.42. The largest absolute Gasteiger partial charge is 0.370 e. The Morgan fingerprint density at radius 1 is 1.50 bits per heavy atom. The van der Waals surface area contributed by atoms with Crippen molar-refractivity contribution in [2.45, 2.75) is 26.2 Å². The number of carbonyl (C=O) groups is 1. The molecule has 4 nitrogen and oxygen atoms in total. The molecule has 1 fully saturated rings. The predicted molar refractivity (Wildman–Crippen MR) is 73.1 cm³/mol. The van der Waals surface area contributed by atoms with Crippen LogP contribution < -0.4 is 10.6 Å². The molecule has 1 heterocycles. The number of halogens is 1. The van der Waals surface area contributed by atoms with Gasteiger partial charge in [0.15, 0.2) is 0 Å². The molecule has 0 bridgehead atoms. The van der Waals surface area contributed by atoms with Crippen LogP contribution in [0.15, 0.2) is 12.1 Å². The number of aromatic nitrogens is 1.